The number of rotatable bonds is 2. The van der Waals surface area contributed by atoms with E-state index < -0.39 is 5.54 Å². The Bertz CT molecular complexity index is 616. The molecule has 1 aliphatic carbocycles. The van der Waals surface area contributed by atoms with Crippen molar-refractivity contribution in [2.75, 3.05) is 13.2 Å². The highest BCUT2D eigenvalue weighted by Gasteiger charge is 2.40. The van der Waals surface area contributed by atoms with Crippen molar-refractivity contribution in [3.05, 3.63) is 22.2 Å². The summed E-state index contributed by atoms with van der Waals surface area (Å²) in [5, 5.41) is 0. The predicted molar refractivity (Wildman–Crippen MR) is 82.6 cm³/mol. The summed E-state index contributed by atoms with van der Waals surface area (Å²) < 4.78 is 12.7. The van der Waals surface area contributed by atoms with Crippen LogP contribution in [0.4, 0.5) is 0 Å². The van der Waals surface area contributed by atoms with E-state index in [9.17, 15) is 4.79 Å². The van der Waals surface area contributed by atoms with Crippen LogP contribution in [0, 0.1) is 5.41 Å². The minimum absolute atomic E-state index is 0.0340. The lowest BCUT2D eigenvalue weighted by Crippen LogP contribution is -2.31. The third kappa shape index (κ3) is 2.60. The first kappa shape index (κ1) is 14.6. The minimum Gasteiger partial charge on any atom is -0.489 e. The Balaban J connectivity index is 2.02. The van der Waals surface area contributed by atoms with Crippen molar-refractivity contribution in [3.8, 4) is 11.5 Å². The number of ether oxygens (including phenoxy) is 2. The SMILES string of the molecule is CC1(C)COc2cc(C3(N=C=O)CCC3)cc(Br)c2OC1. The second kappa shape index (κ2) is 5.15. The lowest BCUT2D eigenvalue weighted by atomic mass is 9.72. The van der Waals surface area contributed by atoms with E-state index in [1.807, 2.05) is 12.1 Å². The number of carbonyl (C=O) groups excluding carboxylic acids is 1. The first-order chi connectivity index (χ1) is 9.96. The van der Waals surface area contributed by atoms with Crippen LogP contribution in [0.5, 0.6) is 11.5 Å². The summed E-state index contributed by atoms with van der Waals surface area (Å²) in [7, 11) is 0. The molecule has 1 heterocycles. The highest BCUT2D eigenvalue weighted by molar-refractivity contribution is 9.10. The van der Waals surface area contributed by atoms with Gasteiger partial charge in [-0.15, -0.1) is 0 Å². The lowest BCUT2D eigenvalue weighted by Gasteiger charge is -2.37. The Morgan fingerprint density at radius 2 is 1.95 bits per heavy atom. The Labute approximate surface area is 132 Å². The van der Waals surface area contributed by atoms with Crippen LogP contribution in [-0.4, -0.2) is 19.3 Å². The zero-order valence-electron chi connectivity index (χ0n) is 12.2. The highest BCUT2D eigenvalue weighted by Crippen LogP contribution is 2.49. The van der Waals surface area contributed by atoms with Gasteiger partial charge in [0.2, 0.25) is 6.08 Å². The molecule has 0 atom stereocenters. The summed E-state index contributed by atoms with van der Waals surface area (Å²) in [5.74, 6) is 1.45. The zero-order valence-corrected chi connectivity index (χ0v) is 13.8. The Kier molecular flexibility index (Phi) is 3.58. The van der Waals surface area contributed by atoms with Gasteiger partial charge < -0.3 is 9.47 Å². The molecule has 1 aromatic carbocycles. The fourth-order valence-corrected chi connectivity index (χ4v) is 3.29. The van der Waals surface area contributed by atoms with Crippen LogP contribution in [0.2, 0.25) is 0 Å². The van der Waals surface area contributed by atoms with E-state index in [2.05, 4.69) is 34.8 Å². The molecule has 0 saturated heterocycles. The minimum atomic E-state index is -0.426. The van der Waals surface area contributed by atoms with Gasteiger partial charge in [0.1, 0.15) is 0 Å². The molecule has 112 valence electrons. The Morgan fingerprint density at radius 1 is 1.24 bits per heavy atom. The molecular weight excluding hydrogens is 334 g/mol. The summed E-state index contributed by atoms with van der Waals surface area (Å²) in [5.41, 5.74) is 0.532. The smallest absolute Gasteiger partial charge is 0.235 e. The van der Waals surface area contributed by atoms with Gasteiger partial charge in [-0.3, -0.25) is 0 Å². The van der Waals surface area contributed by atoms with Gasteiger partial charge in [0, 0.05) is 5.41 Å². The maximum atomic E-state index is 10.7. The molecular formula is C16H18BrNO3. The van der Waals surface area contributed by atoms with Gasteiger partial charge in [0.05, 0.1) is 23.2 Å². The van der Waals surface area contributed by atoms with Crippen LogP contribution in [0.3, 0.4) is 0 Å². The lowest BCUT2D eigenvalue weighted by molar-refractivity contribution is 0.140. The first-order valence-electron chi connectivity index (χ1n) is 7.14. The van der Waals surface area contributed by atoms with Crippen molar-refractivity contribution in [3.63, 3.8) is 0 Å². The van der Waals surface area contributed by atoms with Crippen LogP contribution >= 0.6 is 15.9 Å². The highest BCUT2D eigenvalue weighted by atomic mass is 79.9. The summed E-state index contributed by atoms with van der Waals surface area (Å²) >= 11 is 3.56. The van der Waals surface area contributed by atoms with Gasteiger partial charge in [-0.1, -0.05) is 13.8 Å². The summed E-state index contributed by atoms with van der Waals surface area (Å²) in [6.07, 6.45) is 4.54. The van der Waals surface area contributed by atoms with E-state index >= 15 is 0 Å². The van der Waals surface area contributed by atoms with Crippen molar-refractivity contribution >= 4 is 22.0 Å². The average Bonchev–Trinajstić information content (AvgIpc) is 2.53. The molecule has 4 nitrogen and oxygen atoms in total. The molecule has 1 fully saturated rings. The molecule has 2 aliphatic rings. The second-order valence-electron chi connectivity index (χ2n) is 6.62. The summed E-state index contributed by atoms with van der Waals surface area (Å²) in [4.78, 5) is 14.8. The van der Waals surface area contributed by atoms with Gasteiger partial charge >= 0.3 is 0 Å². The number of isocyanates is 1. The van der Waals surface area contributed by atoms with Crippen molar-refractivity contribution in [2.24, 2.45) is 10.4 Å². The van der Waals surface area contributed by atoms with Crippen molar-refractivity contribution in [1.82, 2.24) is 0 Å². The number of hydrogen-bond donors (Lipinski definition) is 0. The molecule has 1 aliphatic heterocycles. The Hall–Kier alpha value is -1.32. The zero-order chi connectivity index (χ0) is 15.1. The number of hydrogen-bond acceptors (Lipinski definition) is 4. The molecule has 0 aromatic heterocycles. The van der Waals surface area contributed by atoms with Crippen LogP contribution in [-0.2, 0) is 10.3 Å². The van der Waals surface area contributed by atoms with E-state index in [1.54, 1.807) is 6.08 Å². The fourth-order valence-electron chi connectivity index (χ4n) is 2.73. The molecule has 0 radical (unpaired) electrons. The number of nitrogens with zero attached hydrogens (tertiary/aromatic N) is 1. The van der Waals surface area contributed by atoms with Gasteiger partial charge in [0.25, 0.3) is 0 Å². The number of fused-ring (bicyclic) bond motifs is 1. The summed E-state index contributed by atoms with van der Waals surface area (Å²) in [6, 6.07) is 3.95. The van der Waals surface area contributed by atoms with Crippen molar-refractivity contribution in [2.45, 2.75) is 38.6 Å². The van der Waals surface area contributed by atoms with Crippen molar-refractivity contribution < 1.29 is 14.3 Å². The van der Waals surface area contributed by atoms with Crippen LogP contribution in [0.15, 0.2) is 21.6 Å². The average molecular weight is 352 g/mol. The molecule has 21 heavy (non-hydrogen) atoms. The Morgan fingerprint density at radius 3 is 2.57 bits per heavy atom. The third-order valence-electron chi connectivity index (χ3n) is 4.21. The monoisotopic (exact) mass is 351 g/mol. The first-order valence-corrected chi connectivity index (χ1v) is 7.94. The van der Waals surface area contributed by atoms with Gasteiger partial charge in [0.15, 0.2) is 11.5 Å². The normalized spacial score (nSPS) is 21.7. The molecule has 5 heteroatoms. The fraction of sp³-hybridized carbons (Fsp3) is 0.562. The quantitative estimate of drug-likeness (QED) is 0.598. The molecule has 0 amide bonds. The van der Waals surface area contributed by atoms with Gasteiger partial charge in [-0.05, 0) is 52.9 Å². The molecule has 0 bridgehead atoms. The number of halogens is 1. The van der Waals surface area contributed by atoms with E-state index in [0.29, 0.717) is 13.2 Å². The van der Waals surface area contributed by atoms with Gasteiger partial charge in [-0.25, -0.2) is 4.79 Å². The van der Waals surface area contributed by atoms with E-state index in [1.165, 1.54) is 0 Å². The molecule has 3 rings (SSSR count). The van der Waals surface area contributed by atoms with E-state index in [-0.39, 0.29) is 5.41 Å². The summed E-state index contributed by atoms with van der Waals surface area (Å²) in [6.45, 7) is 5.42. The molecule has 0 spiro atoms. The molecule has 0 unspecified atom stereocenters. The molecule has 1 saturated carbocycles. The van der Waals surface area contributed by atoms with Crippen LogP contribution < -0.4 is 9.47 Å². The maximum Gasteiger partial charge on any atom is 0.235 e. The topological polar surface area (TPSA) is 47.9 Å². The number of aliphatic imine (C=N–C) groups is 1. The largest absolute Gasteiger partial charge is 0.489 e. The van der Waals surface area contributed by atoms with Crippen molar-refractivity contribution in [1.29, 1.82) is 0 Å². The second-order valence-corrected chi connectivity index (χ2v) is 7.47. The van der Waals surface area contributed by atoms with Crippen LogP contribution in [0.25, 0.3) is 0 Å². The predicted octanol–water partition coefficient (Wildman–Crippen LogP) is 3.96. The van der Waals surface area contributed by atoms with E-state index in [0.717, 1.165) is 40.8 Å². The standard InChI is InChI=1S/C16H18BrNO3/c1-15(2)8-20-13-7-11(6-12(17)14(13)21-9-15)16(18-10-19)4-3-5-16/h6-7H,3-5,8-9H2,1-2H3. The van der Waals surface area contributed by atoms with Gasteiger partial charge in [-0.2, -0.15) is 4.99 Å². The third-order valence-corrected chi connectivity index (χ3v) is 4.80. The van der Waals surface area contributed by atoms with E-state index in [4.69, 9.17) is 9.47 Å². The molecule has 1 aromatic rings. The number of benzene rings is 1. The molecule has 0 N–H and O–H groups in total. The maximum absolute atomic E-state index is 10.7. The van der Waals surface area contributed by atoms with Crippen LogP contribution in [0.1, 0.15) is 38.7 Å².